The summed E-state index contributed by atoms with van der Waals surface area (Å²) in [6.45, 7) is 1.64. The fraction of sp³-hybridized carbons (Fsp3) is 0.111. The molecule has 68 valence electrons. The van der Waals surface area contributed by atoms with Gasteiger partial charge in [-0.25, -0.2) is 0 Å². The van der Waals surface area contributed by atoms with Crippen molar-refractivity contribution in [2.45, 2.75) is 6.92 Å². The van der Waals surface area contributed by atoms with Crippen LogP contribution in [0.1, 0.15) is 19.5 Å². The average Bonchev–Trinajstić information content (AvgIpc) is 2.08. The molecule has 0 heterocycles. The number of halogens is 1. The number of nitrogen functional groups attached to an aromatic ring is 1. The van der Waals surface area contributed by atoms with Crippen molar-refractivity contribution in [3.05, 3.63) is 27.7 Å². The van der Waals surface area contributed by atoms with Crippen LogP contribution < -0.4 is 5.73 Å². The van der Waals surface area contributed by atoms with Gasteiger partial charge in [-0.15, -0.1) is 0 Å². The van der Waals surface area contributed by atoms with Crippen molar-refractivity contribution in [3.8, 4) is 6.07 Å². The van der Waals surface area contributed by atoms with E-state index >= 15 is 0 Å². The van der Waals surface area contributed by atoms with Gasteiger partial charge in [-0.1, -0.05) is 15.9 Å². The number of nitrogens with zero attached hydrogens (tertiary/aromatic N) is 1. The standard InChI is InChI=1S/C9H8BrN3.H2/c1-5(12)8-3-7(10)2-6(4-11)9(8)13;/h2-3,12H,13H2,1H3;1H. The topological polar surface area (TPSA) is 73.7 Å². The van der Waals surface area contributed by atoms with Crippen molar-refractivity contribution < 1.29 is 1.43 Å². The number of nitriles is 1. The minimum Gasteiger partial charge on any atom is -0.397 e. The molecule has 1 aromatic rings. The molecule has 1 aromatic carbocycles. The summed E-state index contributed by atoms with van der Waals surface area (Å²) in [6, 6.07) is 5.35. The third-order valence-corrected chi connectivity index (χ3v) is 2.13. The van der Waals surface area contributed by atoms with Crippen LogP contribution >= 0.6 is 15.9 Å². The second-order valence-corrected chi connectivity index (χ2v) is 3.57. The lowest BCUT2D eigenvalue weighted by Gasteiger charge is -2.05. The maximum absolute atomic E-state index is 8.73. The number of hydrogen-bond donors (Lipinski definition) is 2. The van der Waals surface area contributed by atoms with Gasteiger partial charge in [0, 0.05) is 17.2 Å². The van der Waals surface area contributed by atoms with Crippen LogP contribution in [0.15, 0.2) is 16.6 Å². The van der Waals surface area contributed by atoms with E-state index in [9.17, 15) is 0 Å². The highest BCUT2D eigenvalue weighted by atomic mass is 79.9. The number of rotatable bonds is 1. The van der Waals surface area contributed by atoms with E-state index in [0.717, 1.165) is 4.47 Å². The van der Waals surface area contributed by atoms with Crippen LogP contribution in [-0.2, 0) is 0 Å². The van der Waals surface area contributed by atoms with Crippen LogP contribution in [-0.4, -0.2) is 5.71 Å². The highest BCUT2D eigenvalue weighted by Crippen LogP contribution is 2.23. The minimum atomic E-state index is 0. The molecule has 0 spiro atoms. The Morgan fingerprint density at radius 1 is 1.69 bits per heavy atom. The fourth-order valence-electron chi connectivity index (χ4n) is 1.02. The van der Waals surface area contributed by atoms with E-state index in [2.05, 4.69) is 15.9 Å². The summed E-state index contributed by atoms with van der Waals surface area (Å²) in [7, 11) is 0. The number of nitrogens with two attached hydrogens (primary N) is 1. The molecule has 0 radical (unpaired) electrons. The van der Waals surface area contributed by atoms with Gasteiger partial charge in [0.2, 0.25) is 0 Å². The molecule has 0 unspecified atom stereocenters. The number of anilines is 1. The van der Waals surface area contributed by atoms with E-state index in [1.807, 2.05) is 6.07 Å². The molecule has 13 heavy (non-hydrogen) atoms. The van der Waals surface area contributed by atoms with Crippen LogP contribution in [0.2, 0.25) is 0 Å². The molecule has 4 heteroatoms. The maximum Gasteiger partial charge on any atom is 0.101 e. The fourth-order valence-corrected chi connectivity index (χ4v) is 1.48. The van der Waals surface area contributed by atoms with E-state index in [-0.39, 0.29) is 1.43 Å². The molecule has 0 saturated heterocycles. The smallest absolute Gasteiger partial charge is 0.101 e. The summed E-state index contributed by atoms with van der Waals surface area (Å²) in [6.07, 6.45) is 0. The molecule has 3 N–H and O–H groups in total. The second kappa shape index (κ2) is 3.58. The Morgan fingerprint density at radius 3 is 2.77 bits per heavy atom. The quantitative estimate of drug-likeness (QED) is 0.584. The lowest BCUT2D eigenvalue weighted by molar-refractivity contribution is 1.42. The molecule has 0 amide bonds. The van der Waals surface area contributed by atoms with E-state index in [0.29, 0.717) is 22.5 Å². The minimum absolute atomic E-state index is 0. The highest BCUT2D eigenvalue weighted by molar-refractivity contribution is 9.10. The molecule has 0 aliphatic carbocycles. The molecule has 0 aromatic heterocycles. The summed E-state index contributed by atoms with van der Waals surface area (Å²) < 4.78 is 0.764. The second-order valence-electron chi connectivity index (χ2n) is 2.65. The van der Waals surface area contributed by atoms with Crippen LogP contribution in [0, 0.1) is 16.7 Å². The SMILES string of the molecule is CC(=N)c1cc(Br)cc(C#N)c1N.[HH]. The molecular formula is C9H10BrN3. The zero-order chi connectivity index (χ0) is 10.0. The first-order valence-corrected chi connectivity index (χ1v) is 4.40. The van der Waals surface area contributed by atoms with Gasteiger partial charge in [0.05, 0.1) is 11.3 Å². The summed E-state index contributed by atoms with van der Waals surface area (Å²) in [5.41, 5.74) is 7.41. The summed E-state index contributed by atoms with van der Waals surface area (Å²) in [5, 5.41) is 16.2. The number of nitrogens with one attached hydrogen (secondary N) is 1. The maximum atomic E-state index is 8.73. The van der Waals surface area contributed by atoms with Gasteiger partial charge < -0.3 is 11.1 Å². The molecule has 0 fully saturated rings. The average molecular weight is 240 g/mol. The van der Waals surface area contributed by atoms with Gasteiger partial charge in [-0.3, -0.25) is 0 Å². The Hall–Kier alpha value is -1.34. The normalized spacial score (nSPS) is 9.31. The van der Waals surface area contributed by atoms with Gasteiger partial charge >= 0.3 is 0 Å². The number of hydrogen-bond acceptors (Lipinski definition) is 3. The highest BCUT2D eigenvalue weighted by Gasteiger charge is 2.07. The molecule has 0 aliphatic rings. The van der Waals surface area contributed by atoms with Crippen LogP contribution in [0.4, 0.5) is 5.69 Å². The van der Waals surface area contributed by atoms with Crippen molar-refractivity contribution >= 4 is 27.3 Å². The van der Waals surface area contributed by atoms with Crippen molar-refractivity contribution in [2.75, 3.05) is 5.73 Å². The van der Waals surface area contributed by atoms with E-state index in [1.165, 1.54) is 0 Å². The van der Waals surface area contributed by atoms with Crippen molar-refractivity contribution in [1.82, 2.24) is 0 Å². The van der Waals surface area contributed by atoms with Gasteiger partial charge in [0.1, 0.15) is 6.07 Å². The third kappa shape index (κ3) is 1.87. The van der Waals surface area contributed by atoms with Crippen molar-refractivity contribution in [3.63, 3.8) is 0 Å². The molecule has 0 aliphatic heterocycles. The summed E-state index contributed by atoms with van der Waals surface area (Å²) in [4.78, 5) is 0. The summed E-state index contributed by atoms with van der Waals surface area (Å²) in [5.74, 6) is 0. The Bertz CT molecular complexity index is 409. The lowest BCUT2D eigenvalue weighted by atomic mass is 10.1. The molecule has 3 nitrogen and oxygen atoms in total. The van der Waals surface area contributed by atoms with Crippen molar-refractivity contribution in [1.29, 1.82) is 10.7 Å². The molecule has 0 bridgehead atoms. The molecule has 1 rings (SSSR count). The predicted octanol–water partition coefficient (Wildman–Crippen LogP) is 2.54. The number of benzene rings is 1. The van der Waals surface area contributed by atoms with Crippen molar-refractivity contribution in [2.24, 2.45) is 0 Å². The monoisotopic (exact) mass is 239 g/mol. The zero-order valence-corrected chi connectivity index (χ0v) is 8.64. The van der Waals surface area contributed by atoms with E-state index in [1.54, 1.807) is 19.1 Å². The first-order valence-electron chi connectivity index (χ1n) is 3.61. The van der Waals surface area contributed by atoms with Gasteiger partial charge in [-0.05, 0) is 19.1 Å². The molecular weight excluding hydrogens is 230 g/mol. The third-order valence-electron chi connectivity index (χ3n) is 1.67. The Kier molecular flexibility index (Phi) is 2.69. The van der Waals surface area contributed by atoms with Gasteiger partial charge in [0.25, 0.3) is 0 Å². The molecule has 0 saturated carbocycles. The summed E-state index contributed by atoms with van der Waals surface area (Å²) >= 11 is 3.25. The van der Waals surface area contributed by atoms with E-state index < -0.39 is 0 Å². The van der Waals surface area contributed by atoms with E-state index in [4.69, 9.17) is 16.4 Å². The largest absolute Gasteiger partial charge is 0.397 e. The predicted molar refractivity (Wildman–Crippen MR) is 57.9 cm³/mol. The Balaban J connectivity index is 0.00000169. The molecule has 0 atom stereocenters. The van der Waals surface area contributed by atoms with Crippen LogP contribution in [0.5, 0.6) is 0 Å². The first-order chi connectivity index (χ1) is 6.06. The Morgan fingerprint density at radius 2 is 2.31 bits per heavy atom. The zero-order valence-electron chi connectivity index (χ0n) is 7.06. The lowest BCUT2D eigenvalue weighted by Crippen LogP contribution is -2.02. The first kappa shape index (κ1) is 9.75. The van der Waals surface area contributed by atoms with Gasteiger partial charge in [0.15, 0.2) is 0 Å². The van der Waals surface area contributed by atoms with Gasteiger partial charge in [-0.2, -0.15) is 5.26 Å². The van der Waals surface area contributed by atoms with Crippen LogP contribution in [0.3, 0.4) is 0 Å². The Labute approximate surface area is 86.3 Å². The van der Waals surface area contributed by atoms with Crippen LogP contribution in [0.25, 0.3) is 0 Å².